The molecule has 3 aromatic rings. The van der Waals surface area contributed by atoms with Crippen molar-refractivity contribution in [1.82, 2.24) is 4.98 Å². The second kappa shape index (κ2) is 7.12. The number of fused-ring (bicyclic) bond motifs is 1. The minimum atomic E-state index is -4.57. The largest absolute Gasteiger partial charge is 0.441 e. The monoisotopic (exact) mass is 432 g/mol. The van der Waals surface area contributed by atoms with Gasteiger partial charge in [-0.1, -0.05) is 24.3 Å². The lowest BCUT2D eigenvalue weighted by atomic mass is 10.0. The highest BCUT2D eigenvalue weighted by molar-refractivity contribution is 5.95. The number of alkyl halides is 3. The summed E-state index contributed by atoms with van der Waals surface area (Å²) in [6.45, 7) is 3.16. The van der Waals surface area contributed by atoms with Crippen LogP contribution in [-0.2, 0) is 10.9 Å². The number of hydrogen-bond acceptors (Lipinski definition) is 4. The van der Waals surface area contributed by atoms with E-state index in [0.29, 0.717) is 11.1 Å². The number of hydrogen-bond donors (Lipinski definition) is 2. The molecule has 6 nitrogen and oxygen atoms in total. The Labute approximate surface area is 174 Å². The van der Waals surface area contributed by atoms with E-state index in [4.69, 9.17) is 4.74 Å². The molecule has 0 radical (unpaired) electrons. The third-order valence-electron chi connectivity index (χ3n) is 5.26. The van der Waals surface area contributed by atoms with E-state index in [9.17, 15) is 27.9 Å². The third-order valence-corrected chi connectivity index (χ3v) is 5.26. The molecular formula is C22H19F3N2O4. The van der Waals surface area contributed by atoms with E-state index in [1.54, 1.807) is 12.1 Å². The summed E-state index contributed by atoms with van der Waals surface area (Å²) >= 11 is 0. The van der Waals surface area contributed by atoms with Crippen molar-refractivity contribution in [1.29, 1.82) is 0 Å². The summed E-state index contributed by atoms with van der Waals surface area (Å²) < 4.78 is 45.3. The van der Waals surface area contributed by atoms with Gasteiger partial charge in [-0.15, -0.1) is 0 Å². The summed E-state index contributed by atoms with van der Waals surface area (Å²) in [4.78, 5) is 28.7. The quantitative estimate of drug-likeness (QED) is 0.646. The number of nitrogens with one attached hydrogen (secondary N) is 1. The van der Waals surface area contributed by atoms with E-state index < -0.39 is 35.1 Å². The first kappa shape index (κ1) is 20.9. The molecule has 1 saturated heterocycles. The smallest absolute Gasteiger partial charge is 0.417 e. The fourth-order valence-corrected chi connectivity index (χ4v) is 3.57. The normalized spacial score (nSPS) is 17.3. The van der Waals surface area contributed by atoms with Crippen molar-refractivity contribution in [3.8, 4) is 11.3 Å². The van der Waals surface area contributed by atoms with Crippen LogP contribution in [0, 0.1) is 0 Å². The number of carbonyl (C=O) groups excluding carboxylic acids is 1. The number of aromatic amines is 1. The molecule has 9 heteroatoms. The van der Waals surface area contributed by atoms with Gasteiger partial charge in [-0.05, 0) is 43.5 Å². The summed E-state index contributed by atoms with van der Waals surface area (Å²) in [5.74, 6) is 0. The van der Waals surface area contributed by atoms with Crippen molar-refractivity contribution in [3.05, 3.63) is 64.4 Å². The van der Waals surface area contributed by atoms with Gasteiger partial charge in [-0.3, -0.25) is 9.69 Å². The van der Waals surface area contributed by atoms with Crippen molar-refractivity contribution in [3.63, 3.8) is 0 Å². The SMILES string of the molecule is CC(C)(O)[C@@H]1CN(c2ccc3cc(-c4ccccc4C(F)(F)F)[nH]c(=O)c3c2)C(=O)O1. The molecule has 1 fully saturated rings. The molecule has 1 aliphatic rings. The molecule has 2 N–H and O–H groups in total. The lowest BCUT2D eigenvalue weighted by Crippen LogP contribution is -2.39. The van der Waals surface area contributed by atoms with Gasteiger partial charge >= 0.3 is 12.3 Å². The second-order valence-electron chi connectivity index (χ2n) is 7.96. The van der Waals surface area contributed by atoms with Crippen LogP contribution in [0.5, 0.6) is 0 Å². The number of aromatic nitrogens is 1. The predicted octanol–water partition coefficient (Wildman–Crippen LogP) is 4.31. The first-order valence-electron chi connectivity index (χ1n) is 9.49. The zero-order valence-electron chi connectivity index (χ0n) is 16.7. The number of rotatable bonds is 3. The fourth-order valence-electron chi connectivity index (χ4n) is 3.57. The molecule has 1 atom stereocenters. The second-order valence-corrected chi connectivity index (χ2v) is 7.96. The van der Waals surface area contributed by atoms with Gasteiger partial charge < -0.3 is 14.8 Å². The molecule has 4 rings (SSSR count). The van der Waals surface area contributed by atoms with E-state index in [-0.39, 0.29) is 23.2 Å². The molecule has 2 heterocycles. The van der Waals surface area contributed by atoms with Crippen LogP contribution in [0.1, 0.15) is 19.4 Å². The molecule has 162 valence electrons. The lowest BCUT2D eigenvalue weighted by Gasteiger charge is -2.23. The van der Waals surface area contributed by atoms with Crippen LogP contribution in [0.3, 0.4) is 0 Å². The van der Waals surface area contributed by atoms with E-state index >= 15 is 0 Å². The van der Waals surface area contributed by atoms with Crippen LogP contribution in [0.2, 0.25) is 0 Å². The number of anilines is 1. The third kappa shape index (κ3) is 3.88. The molecule has 1 aromatic heterocycles. The van der Waals surface area contributed by atoms with Gasteiger partial charge in [0, 0.05) is 22.3 Å². The number of aliphatic hydroxyl groups is 1. The van der Waals surface area contributed by atoms with E-state index in [2.05, 4.69) is 4.98 Å². The standard InChI is InChI=1S/C22H19F3N2O4/c1-21(2,30)18-11-27(20(29)31-18)13-8-7-12-9-17(26-19(28)15(12)10-13)14-5-3-4-6-16(14)22(23,24)25/h3-10,18,30H,11H2,1-2H3,(H,26,28)/t18-/m0/s1. The van der Waals surface area contributed by atoms with Gasteiger partial charge in [0.25, 0.3) is 5.56 Å². The highest BCUT2D eigenvalue weighted by Crippen LogP contribution is 2.37. The molecule has 2 aromatic carbocycles. The topological polar surface area (TPSA) is 82.6 Å². The molecular weight excluding hydrogens is 413 g/mol. The lowest BCUT2D eigenvalue weighted by molar-refractivity contribution is -0.137. The Morgan fingerprint density at radius 3 is 2.45 bits per heavy atom. The Hall–Kier alpha value is -3.33. The number of ether oxygens (including phenoxy) is 1. The number of nitrogens with zero attached hydrogens (tertiary/aromatic N) is 1. The number of carbonyl (C=O) groups is 1. The van der Waals surface area contributed by atoms with Gasteiger partial charge in [-0.25, -0.2) is 4.79 Å². The van der Waals surface area contributed by atoms with E-state index in [1.165, 1.54) is 49.1 Å². The minimum Gasteiger partial charge on any atom is -0.441 e. The maximum absolute atomic E-state index is 13.4. The Bertz CT molecular complexity index is 1230. The predicted molar refractivity (Wildman–Crippen MR) is 109 cm³/mol. The number of benzene rings is 2. The summed E-state index contributed by atoms with van der Waals surface area (Å²) in [5, 5.41) is 10.7. The Balaban J connectivity index is 1.76. The van der Waals surface area contributed by atoms with Crippen molar-refractivity contribution < 1.29 is 27.8 Å². The maximum atomic E-state index is 13.4. The van der Waals surface area contributed by atoms with Crippen molar-refractivity contribution in [2.75, 3.05) is 11.4 Å². The minimum absolute atomic E-state index is 0.0425. The Morgan fingerprint density at radius 2 is 1.81 bits per heavy atom. The van der Waals surface area contributed by atoms with Gasteiger partial charge in [0.1, 0.15) is 6.10 Å². The average Bonchev–Trinajstić information content (AvgIpc) is 3.09. The number of pyridine rings is 1. The van der Waals surface area contributed by atoms with E-state index in [0.717, 1.165) is 6.07 Å². The summed E-state index contributed by atoms with van der Waals surface area (Å²) in [6, 6.07) is 11.1. The summed E-state index contributed by atoms with van der Waals surface area (Å²) in [5.41, 5.74) is -2.37. The molecule has 1 aliphatic heterocycles. The molecule has 0 saturated carbocycles. The molecule has 0 aliphatic carbocycles. The summed E-state index contributed by atoms with van der Waals surface area (Å²) in [7, 11) is 0. The molecule has 1 amide bonds. The number of cyclic esters (lactones) is 1. The van der Waals surface area contributed by atoms with Crippen molar-refractivity contribution in [2.45, 2.75) is 31.7 Å². The van der Waals surface area contributed by atoms with Gasteiger partial charge in [-0.2, -0.15) is 13.2 Å². The van der Waals surface area contributed by atoms with Crippen LogP contribution < -0.4 is 10.5 Å². The number of halogens is 3. The van der Waals surface area contributed by atoms with Gasteiger partial charge in [0.2, 0.25) is 0 Å². The van der Waals surface area contributed by atoms with Gasteiger partial charge in [0.15, 0.2) is 0 Å². The zero-order valence-corrected chi connectivity index (χ0v) is 16.7. The molecule has 0 unspecified atom stereocenters. The van der Waals surface area contributed by atoms with Gasteiger partial charge in [0.05, 0.1) is 17.7 Å². The summed E-state index contributed by atoms with van der Waals surface area (Å²) in [6.07, 6.45) is -5.96. The molecule has 0 spiro atoms. The molecule has 31 heavy (non-hydrogen) atoms. The first-order chi connectivity index (χ1) is 14.4. The number of amides is 1. The highest BCUT2D eigenvalue weighted by atomic mass is 19.4. The Morgan fingerprint density at radius 1 is 1.10 bits per heavy atom. The van der Waals surface area contributed by atoms with Crippen molar-refractivity contribution in [2.24, 2.45) is 0 Å². The maximum Gasteiger partial charge on any atom is 0.417 e. The average molecular weight is 432 g/mol. The number of H-pyrrole nitrogens is 1. The van der Waals surface area contributed by atoms with Crippen LogP contribution in [0.15, 0.2) is 53.3 Å². The highest BCUT2D eigenvalue weighted by Gasteiger charge is 2.41. The fraction of sp³-hybridized carbons (Fsp3) is 0.273. The molecule has 0 bridgehead atoms. The van der Waals surface area contributed by atoms with Crippen LogP contribution in [0.4, 0.5) is 23.7 Å². The zero-order chi connectivity index (χ0) is 22.6. The first-order valence-corrected chi connectivity index (χ1v) is 9.49. The van der Waals surface area contributed by atoms with E-state index in [1.807, 2.05) is 0 Å². The Kier molecular flexibility index (Phi) is 4.81. The van der Waals surface area contributed by atoms with Crippen LogP contribution >= 0.6 is 0 Å². The van der Waals surface area contributed by atoms with Crippen LogP contribution in [-0.4, -0.2) is 34.4 Å². The van der Waals surface area contributed by atoms with Crippen molar-refractivity contribution >= 4 is 22.6 Å². The van der Waals surface area contributed by atoms with Crippen LogP contribution in [0.25, 0.3) is 22.0 Å².